The molecule has 4 aromatic rings. The van der Waals surface area contributed by atoms with Crippen molar-refractivity contribution in [3.63, 3.8) is 0 Å². The Morgan fingerprint density at radius 1 is 0.679 bits per heavy atom. The van der Waals surface area contributed by atoms with Crippen molar-refractivity contribution in [3.05, 3.63) is 103 Å². The van der Waals surface area contributed by atoms with Crippen molar-refractivity contribution in [2.75, 3.05) is 4.43 Å². The van der Waals surface area contributed by atoms with Crippen LogP contribution in [-0.2, 0) is 17.6 Å². The predicted octanol–water partition coefficient (Wildman–Crippen LogP) is 10.8. The Kier molecular flexibility index (Phi) is 28.3. The molecule has 3 nitrogen and oxygen atoms in total. The smallest absolute Gasteiger partial charge is 1.00 e. The van der Waals surface area contributed by atoms with E-state index in [0.29, 0.717) is 17.7 Å². The summed E-state index contributed by atoms with van der Waals surface area (Å²) in [6, 6.07) is 30.8. The summed E-state index contributed by atoms with van der Waals surface area (Å²) in [7, 11) is 0. The Morgan fingerprint density at radius 3 is 1.72 bits per heavy atom. The van der Waals surface area contributed by atoms with Crippen LogP contribution in [-0.4, -0.2) is 45.0 Å². The maximum Gasteiger partial charge on any atom is 2.00 e. The van der Waals surface area contributed by atoms with E-state index in [-0.39, 0.29) is 59.5 Å². The molecular formula is C47H68BrIMgN2O. The number of aliphatic imine (C=N–C) groups is 1. The first-order chi connectivity index (χ1) is 24.0. The van der Waals surface area contributed by atoms with Gasteiger partial charge in [-0.25, -0.2) is 0 Å². The number of rotatable bonds is 6. The molecule has 3 fully saturated rings. The number of halogens is 2. The number of hydrogen-bond donors (Lipinski definition) is 1. The minimum atomic E-state index is 0. The maximum atomic E-state index is 12.0. The van der Waals surface area contributed by atoms with Crippen LogP contribution in [0.3, 0.4) is 0 Å². The van der Waals surface area contributed by atoms with E-state index in [0.717, 1.165) is 38.0 Å². The fourth-order valence-corrected chi connectivity index (χ4v) is 8.33. The van der Waals surface area contributed by atoms with E-state index < -0.39 is 0 Å². The van der Waals surface area contributed by atoms with Gasteiger partial charge in [0.15, 0.2) is 0 Å². The van der Waals surface area contributed by atoms with Crippen molar-refractivity contribution in [2.45, 2.75) is 131 Å². The van der Waals surface area contributed by atoms with Crippen LogP contribution in [0.4, 0.5) is 0 Å². The standard InChI is InChI=1S/C19H22O.C13H23N.C12H11I.C2H5.CH4.BrH.Mg.H3N/c1-14-9-12-19(20)17(13-14)11-10-16-7-4-6-15-5-2-3-8-18(15)16;1-11-7-9-13(10-8-11)14-12-5-3-2-4-6-12;13-9-8-11-6-3-5-10-4-1-2-7-12(10)11;1-2;;;;/h2-8,14,17H,9-13H2,1H3;11-12H,2-10H2,1H3;1-7H,8-9H2;1H2,2H3;1H4;1H;;1H3/q;;;-1;;;+2;/p-1. The van der Waals surface area contributed by atoms with Crippen LogP contribution in [0.25, 0.3) is 21.5 Å². The van der Waals surface area contributed by atoms with E-state index in [2.05, 4.69) is 128 Å². The molecule has 6 heteroatoms. The molecular weight excluding hydrogens is 840 g/mol. The van der Waals surface area contributed by atoms with E-state index in [1.54, 1.807) is 6.92 Å². The average molecular weight is 908 g/mol. The third kappa shape index (κ3) is 17.1. The Bertz CT molecular complexity index is 1580. The number of aryl methyl sites for hydroxylation is 2. The molecule has 0 radical (unpaired) electrons. The van der Waals surface area contributed by atoms with Crippen LogP contribution in [0, 0.1) is 24.7 Å². The van der Waals surface area contributed by atoms with Crippen LogP contribution in [0.1, 0.15) is 123 Å². The molecule has 3 aliphatic carbocycles. The third-order valence-electron chi connectivity index (χ3n) is 10.7. The summed E-state index contributed by atoms with van der Waals surface area (Å²) in [5.41, 5.74) is 4.39. The van der Waals surface area contributed by atoms with Crippen LogP contribution in [0.2, 0.25) is 0 Å². The Balaban J connectivity index is 0.000000739. The van der Waals surface area contributed by atoms with Gasteiger partial charge in [0.1, 0.15) is 5.78 Å². The molecule has 53 heavy (non-hydrogen) atoms. The van der Waals surface area contributed by atoms with Gasteiger partial charge in [-0.1, -0.05) is 148 Å². The Morgan fingerprint density at radius 2 is 1.17 bits per heavy atom. The average Bonchev–Trinajstić information content (AvgIpc) is 3.15. The molecule has 0 aromatic heterocycles. The molecule has 0 aliphatic heterocycles. The van der Waals surface area contributed by atoms with Gasteiger partial charge in [-0.3, -0.25) is 9.79 Å². The second-order valence-corrected chi connectivity index (χ2v) is 15.5. The molecule has 288 valence electrons. The summed E-state index contributed by atoms with van der Waals surface area (Å²) in [4.78, 5) is 17.0. The SMILES string of the molecule is C.CC1CCC(=NC2CCCCC2)CC1.CC1CCC(=O)C(CCc2cccc3ccccc23)C1.ICCc1cccc2ccccc12.N.[Br-].[CH2-]C.[Mg+2]. The molecule has 7 rings (SSSR count). The van der Waals surface area contributed by atoms with E-state index in [9.17, 15) is 4.79 Å². The van der Waals surface area contributed by atoms with Crippen molar-refractivity contribution >= 4 is 78.7 Å². The zero-order valence-electron chi connectivity index (χ0n) is 32.4. The molecule has 3 N–H and O–H groups in total. The number of benzene rings is 4. The topological polar surface area (TPSA) is 64.4 Å². The molecule has 0 bridgehead atoms. The molecule has 4 aromatic carbocycles. The van der Waals surface area contributed by atoms with E-state index in [4.69, 9.17) is 4.99 Å². The normalized spacial score (nSPS) is 19.5. The molecule has 3 aliphatic rings. The van der Waals surface area contributed by atoms with Gasteiger partial charge >= 0.3 is 23.1 Å². The number of nitrogens with zero attached hydrogens (tertiary/aromatic N) is 1. The van der Waals surface area contributed by atoms with E-state index >= 15 is 0 Å². The minimum Gasteiger partial charge on any atom is -1.00 e. The van der Waals surface area contributed by atoms with Gasteiger partial charge in [0.25, 0.3) is 0 Å². The number of Topliss-reactive ketones (excluding diaryl/α,β-unsaturated/α-hetero) is 1. The van der Waals surface area contributed by atoms with Crippen LogP contribution >= 0.6 is 22.6 Å². The quantitative estimate of drug-likeness (QED) is 0.0907. The number of fused-ring (bicyclic) bond motifs is 2. The summed E-state index contributed by atoms with van der Waals surface area (Å²) in [5, 5.41) is 5.39. The molecule has 0 amide bonds. The second kappa shape index (κ2) is 29.0. The first-order valence-corrected chi connectivity index (χ1v) is 20.8. The summed E-state index contributed by atoms with van der Waals surface area (Å²) < 4.78 is 1.19. The number of carbonyl (C=O) groups excluding carboxylic acids is 1. The van der Waals surface area contributed by atoms with Gasteiger partial charge in [-0.2, -0.15) is 6.92 Å². The zero-order chi connectivity index (χ0) is 34.8. The number of hydrogen-bond acceptors (Lipinski definition) is 3. The van der Waals surface area contributed by atoms with Gasteiger partial charge in [-0.15, -0.1) is 0 Å². The largest absolute Gasteiger partial charge is 2.00 e. The maximum absolute atomic E-state index is 12.0. The Hall–Kier alpha value is -1.32. The summed E-state index contributed by atoms with van der Waals surface area (Å²) in [6.07, 6.45) is 18.5. The molecule has 2 unspecified atom stereocenters. The van der Waals surface area contributed by atoms with Crippen LogP contribution in [0.15, 0.2) is 89.9 Å². The zero-order valence-corrected chi connectivity index (χ0v) is 37.6. The molecule has 0 heterocycles. The van der Waals surface area contributed by atoms with Gasteiger partial charge in [0.05, 0.1) is 0 Å². The summed E-state index contributed by atoms with van der Waals surface area (Å²) >= 11 is 2.42. The minimum absolute atomic E-state index is 0. The van der Waals surface area contributed by atoms with E-state index in [1.165, 1.54) is 107 Å². The number of carbonyl (C=O) groups is 1. The van der Waals surface area contributed by atoms with Crippen LogP contribution in [0.5, 0.6) is 0 Å². The van der Waals surface area contributed by atoms with Gasteiger partial charge in [-0.05, 0) is 115 Å². The van der Waals surface area contributed by atoms with Gasteiger partial charge in [0.2, 0.25) is 0 Å². The first kappa shape index (κ1) is 51.7. The first-order valence-electron chi connectivity index (χ1n) is 19.3. The van der Waals surface area contributed by atoms with E-state index in [1.807, 2.05) is 0 Å². The van der Waals surface area contributed by atoms with Gasteiger partial charge in [0, 0.05) is 28.5 Å². The van der Waals surface area contributed by atoms with Crippen molar-refractivity contribution in [2.24, 2.45) is 22.7 Å². The number of alkyl halides is 1. The van der Waals surface area contributed by atoms with Gasteiger partial charge < -0.3 is 30.1 Å². The molecule has 0 spiro atoms. The van der Waals surface area contributed by atoms with Crippen molar-refractivity contribution < 1.29 is 21.8 Å². The monoisotopic (exact) mass is 906 g/mol. The summed E-state index contributed by atoms with van der Waals surface area (Å²) in [5.74, 6) is 2.44. The van der Waals surface area contributed by atoms with Crippen LogP contribution < -0.4 is 23.1 Å². The third-order valence-corrected chi connectivity index (χ3v) is 11.2. The van der Waals surface area contributed by atoms with Crippen molar-refractivity contribution in [3.8, 4) is 0 Å². The summed E-state index contributed by atoms with van der Waals surface area (Å²) in [6.45, 7) is 9.65. The molecule has 3 saturated carbocycles. The molecule has 2 atom stereocenters. The predicted molar refractivity (Wildman–Crippen MR) is 241 cm³/mol. The van der Waals surface area contributed by atoms with Crippen molar-refractivity contribution in [1.82, 2.24) is 6.15 Å². The van der Waals surface area contributed by atoms with Crippen molar-refractivity contribution in [1.29, 1.82) is 0 Å². The molecule has 0 saturated heterocycles. The fraction of sp³-hybridized carbons (Fsp3) is 0.511. The Labute approximate surface area is 364 Å². The number of ketones is 1. The fourth-order valence-electron chi connectivity index (χ4n) is 7.75. The second-order valence-electron chi connectivity index (χ2n) is 14.5.